The molecule has 0 fully saturated rings. The Bertz CT molecular complexity index is 98.2. The normalized spacial score (nSPS) is 8.50. The quantitative estimate of drug-likeness (QED) is 0.562. The molecule has 0 aromatic heterocycles. The van der Waals surface area contributed by atoms with Crippen LogP contribution in [0.4, 0.5) is 4.39 Å². The van der Waals surface area contributed by atoms with E-state index in [2.05, 4.69) is 4.74 Å². The Hall–Kier alpha value is 0.0500. The van der Waals surface area contributed by atoms with Crippen molar-refractivity contribution in [1.29, 1.82) is 0 Å². The third-order valence-electron chi connectivity index (χ3n) is 0.420. The van der Waals surface area contributed by atoms with Gasteiger partial charge in [0.15, 0.2) is 4.49 Å². The fourth-order valence-corrected chi connectivity index (χ4v) is 0.290. The van der Waals surface area contributed by atoms with Crippen LogP contribution in [0.3, 0.4) is 0 Å². The molecule has 4 heteroatoms. The first-order chi connectivity index (χ1) is 3.68. The predicted octanol–water partition coefficient (Wildman–Crippen LogP) is 2.60. The van der Waals surface area contributed by atoms with Crippen LogP contribution in [0.15, 0.2) is 10.5 Å². The minimum absolute atomic E-state index is 0.231. The number of ether oxygens (including phenoxy) is 1. The molecule has 48 valence electrons. The van der Waals surface area contributed by atoms with Gasteiger partial charge in [-0.2, -0.15) is 4.39 Å². The van der Waals surface area contributed by atoms with Gasteiger partial charge in [0.05, 0.1) is 6.61 Å². The van der Waals surface area contributed by atoms with Gasteiger partial charge in [0.25, 0.3) is 0 Å². The van der Waals surface area contributed by atoms with Crippen LogP contribution < -0.4 is 0 Å². The molecule has 0 bridgehead atoms. The van der Waals surface area contributed by atoms with Gasteiger partial charge in [0.2, 0.25) is 0 Å². The van der Waals surface area contributed by atoms with Gasteiger partial charge in [-0.1, -0.05) is 23.2 Å². The summed E-state index contributed by atoms with van der Waals surface area (Å²) in [6.45, 7) is 1.87. The average Bonchev–Trinajstić information content (AvgIpc) is 1.67. The zero-order chi connectivity index (χ0) is 6.57. The van der Waals surface area contributed by atoms with E-state index < -0.39 is 10.5 Å². The molecule has 0 radical (unpaired) electrons. The molecule has 0 unspecified atom stereocenters. The number of halogens is 3. The van der Waals surface area contributed by atoms with E-state index in [1.807, 2.05) is 0 Å². The van der Waals surface area contributed by atoms with Crippen LogP contribution in [-0.4, -0.2) is 6.61 Å². The maximum absolute atomic E-state index is 11.9. The molecule has 0 N–H and O–H groups in total. The molecule has 0 aromatic carbocycles. The van der Waals surface area contributed by atoms with Crippen molar-refractivity contribution in [1.82, 2.24) is 0 Å². The van der Waals surface area contributed by atoms with Gasteiger partial charge in [-0.15, -0.1) is 0 Å². The van der Waals surface area contributed by atoms with Crippen LogP contribution in [0, 0.1) is 0 Å². The maximum atomic E-state index is 11.9. The number of hydrogen-bond acceptors (Lipinski definition) is 1. The topological polar surface area (TPSA) is 9.23 Å². The Balaban J connectivity index is 3.62. The molecule has 0 spiro atoms. The van der Waals surface area contributed by atoms with E-state index in [1.54, 1.807) is 6.92 Å². The summed E-state index contributed by atoms with van der Waals surface area (Å²) in [5.74, 6) is 0. The van der Waals surface area contributed by atoms with Crippen molar-refractivity contribution >= 4 is 23.2 Å². The smallest absolute Gasteiger partial charge is 0.303 e. The second kappa shape index (κ2) is 3.98. The van der Waals surface area contributed by atoms with Crippen molar-refractivity contribution in [2.75, 3.05) is 6.61 Å². The highest BCUT2D eigenvalue weighted by Crippen LogP contribution is 2.15. The van der Waals surface area contributed by atoms with Gasteiger partial charge in [-0.05, 0) is 6.92 Å². The average molecular weight is 159 g/mol. The highest BCUT2D eigenvalue weighted by atomic mass is 35.5. The van der Waals surface area contributed by atoms with Crippen LogP contribution in [0.5, 0.6) is 0 Å². The number of rotatable bonds is 2. The van der Waals surface area contributed by atoms with E-state index in [1.165, 1.54) is 0 Å². The third kappa shape index (κ3) is 3.10. The summed E-state index contributed by atoms with van der Waals surface area (Å²) in [6.07, 6.45) is 0. The van der Waals surface area contributed by atoms with E-state index >= 15 is 0 Å². The van der Waals surface area contributed by atoms with Crippen molar-refractivity contribution < 1.29 is 9.13 Å². The van der Waals surface area contributed by atoms with Crippen LogP contribution >= 0.6 is 23.2 Å². The van der Waals surface area contributed by atoms with Gasteiger partial charge < -0.3 is 4.74 Å². The highest BCUT2D eigenvalue weighted by Gasteiger charge is 1.97. The molecule has 1 nitrogen and oxygen atoms in total. The Labute approximate surface area is 57.0 Å². The van der Waals surface area contributed by atoms with Gasteiger partial charge >= 0.3 is 6.01 Å². The van der Waals surface area contributed by atoms with Crippen LogP contribution in [0.1, 0.15) is 6.92 Å². The van der Waals surface area contributed by atoms with Crippen molar-refractivity contribution in [3.05, 3.63) is 10.5 Å². The molecule has 0 aliphatic heterocycles. The SMILES string of the molecule is CCOC(F)=C(Cl)Cl. The second-order valence-corrected chi connectivity index (χ2v) is 1.92. The highest BCUT2D eigenvalue weighted by molar-refractivity contribution is 6.56. The van der Waals surface area contributed by atoms with Gasteiger partial charge in [0, 0.05) is 0 Å². The first-order valence-electron chi connectivity index (χ1n) is 2.02. The van der Waals surface area contributed by atoms with E-state index in [0.717, 1.165) is 0 Å². The summed E-state index contributed by atoms with van der Waals surface area (Å²) in [7, 11) is 0. The van der Waals surface area contributed by atoms with Crippen LogP contribution in [-0.2, 0) is 4.74 Å². The van der Waals surface area contributed by atoms with E-state index in [9.17, 15) is 4.39 Å². The Morgan fingerprint density at radius 1 is 1.62 bits per heavy atom. The lowest BCUT2D eigenvalue weighted by Gasteiger charge is -1.95. The summed E-state index contributed by atoms with van der Waals surface area (Å²) in [5.41, 5.74) is 0. The zero-order valence-corrected chi connectivity index (χ0v) is 5.76. The zero-order valence-electron chi connectivity index (χ0n) is 4.25. The molecule has 0 aliphatic carbocycles. The van der Waals surface area contributed by atoms with Gasteiger partial charge in [-0.25, -0.2) is 0 Å². The lowest BCUT2D eigenvalue weighted by Crippen LogP contribution is -1.84. The van der Waals surface area contributed by atoms with E-state index in [-0.39, 0.29) is 6.61 Å². The summed E-state index contributed by atoms with van der Waals surface area (Å²) in [5, 5.41) is 0. The van der Waals surface area contributed by atoms with Crippen molar-refractivity contribution in [3.63, 3.8) is 0 Å². The number of hydrogen-bond donors (Lipinski definition) is 0. The maximum Gasteiger partial charge on any atom is 0.303 e. The monoisotopic (exact) mass is 158 g/mol. The fraction of sp³-hybridized carbons (Fsp3) is 0.500. The van der Waals surface area contributed by atoms with E-state index in [4.69, 9.17) is 23.2 Å². The van der Waals surface area contributed by atoms with Crippen molar-refractivity contribution in [2.45, 2.75) is 6.92 Å². The molecule has 0 saturated heterocycles. The standard InChI is InChI=1S/C4H5Cl2FO/c1-2-8-4(7)3(5)6/h2H2,1H3. The molecule has 0 saturated carbocycles. The molecule has 0 rings (SSSR count). The minimum Gasteiger partial charge on any atom is -0.469 e. The second-order valence-electron chi connectivity index (χ2n) is 0.967. The molecule has 0 atom stereocenters. The first-order valence-corrected chi connectivity index (χ1v) is 2.77. The summed E-state index contributed by atoms with van der Waals surface area (Å²) >= 11 is 9.90. The van der Waals surface area contributed by atoms with Crippen LogP contribution in [0.25, 0.3) is 0 Å². The van der Waals surface area contributed by atoms with Crippen molar-refractivity contribution in [3.8, 4) is 0 Å². The van der Waals surface area contributed by atoms with Crippen LogP contribution in [0.2, 0.25) is 0 Å². The summed E-state index contributed by atoms with van der Waals surface area (Å²) < 4.78 is 15.7. The molecule has 0 amide bonds. The summed E-state index contributed by atoms with van der Waals surface area (Å²) in [4.78, 5) is 0. The molecule has 0 aliphatic rings. The fourth-order valence-electron chi connectivity index (χ4n) is 0.181. The largest absolute Gasteiger partial charge is 0.469 e. The molecule has 8 heavy (non-hydrogen) atoms. The minimum atomic E-state index is -0.921. The Morgan fingerprint density at radius 3 is 2.25 bits per heavy atom. The molecular formula is C4H5Cl2FO. The summed E-state index contributed by atoms with van der Waals surface area (Å²) in [6, 6.07) is -0.921. The van der Waals surface area contributed by atoms with Gasteiger partial charge in [0.1, 0.15) is 0 Å². The molecule has 0 aromatic rings. The Kier molecular flexibility index (Phi) is 4.01. The Morgan fingerprint density at radius 2 is 2.12 bits per heavy atom. The molecular weight excluding hydrogens is 154 g/mol. The van der Waals surface area contributed by atoms with Crippen molar-refractivity contribution in [2.24, 2.45) is 0 Å². The first kappa shape index (κ1) is 8.05. The lowest BCUT2D eigenvalue weighted by atomic mass is 10.9. The third-order valence-corrected chi connectivity index (χ3v) is 0.717. The lowest BCUT2D eigenvalue weighted by molar-refractivity contribution is 0.158. The van der Waals surface area contributed by atoms with Gasteiger partial charge in [-0.3, -0.25) is 0 Å². The molecule has 0 heterocycles. The predicted molar refractivity (Wildman–Crippen MR) is 31.5 cm³/mol. The van der Waals surface area contributed by atoms with E-state index in [0.29, 0.717) is 0 Å².